The first-order valence-corrected chi connectivity index (χ1v) is 8.40. The zero-order valence-electron chi connectivity index (χ0n) is 11.6. The summed E-state index contributed by atoms with van der Waals surface area (Å²) in [5.41, 5.74) is 2.04. The summed E-state index contributed by atoms with van der Waals surface area (Å²) in [6, 6.07) is 6.56. The first kappa shape index (κ1) is 15.3. The van der Waals surface area contributed by atoms with Crippen LogP contribution in [0.4, 0.5) is 0 Å². The molecule has 3 nitrogen and oxygen atoms in total. The molecule has 0 unspecified atom stereocenters. The van der Waals surface area contributed by atoms with Crippen LogP contribution in [0, 0.1) is 6.92 Å². The molecule has 0 saturated heterocycles. The number of rotatable bonds is 4. The van der Waals surface area contributed by atoms with E-state index in [1.54, 1.807) is 24.3 Å². The number of halogens is 1. The topological polar surface area (TPSA) is 46.2 Å². The zero-order valence-corrected chi connectivity index (χ0v) is 13.1. The molecule has 20 heavy (non-hydrogen) atoms. The van der Waals surface area contributed by atoms with Crippen LogP contribution >= 0.6 is 11.6 Å². The van der Waals surface area contributed by atoms with Crippen LogP contribution in [0.15, 0.2) is 51.9 Å². The van der Waals surface area contributed by atoms with Gasteiger partial charge in [0.2, 0.25) is 10.0 Å². The third kappa shape index (κ3) is 3.72. The van der Waals surface area contributed by atoms with Crippen LogP contribution in [0.3, 0.4) is 0 Å². The average Bonchev–Trinajstić information content (AvgIpc) is 2.38. The lowest BCUT2D eigenvalue weighted by Gasteiger charge is -2.19. The van der Waals surface area contributed by atoms with Gasteiger partial charge in [-0.1, -0.05) is 40.9 Å². The summed E-state index contributed by atoms with van der Waals surface area (Å²) in [6.45, 7) is 3.76. The average molecular weight is 312 g/mol. The van der Waals surface area contributed by atoms with Crippen molar-refractivity contribution in [1.29, 1.82) is 0 Å². The Morgan fingerprint density at radius 2 is 1.90 bits per heavy atom. The van der Waals surface area contributed by atoms with E-state index in [0.29, 0.717) is 5.03 Å². The van der Waals surface area contributed by atoms with Crippen LogP contribution in [-0.4, -0.2) is 14.5 Å². The molecule has 1 aromatic carbocycles. The predicted octanol–water partition coefficient (Wildman–Crippen LogP) is 3.50. The molecule has 1 N–H and O–H groups in total. The maximum absolute atomic E-state index is 12.3. The Bertz CT molecular complexity index is 645. The fourth-order valence-electron chi connectivity index (χ4n) is 2.12. The van der Waals surface area contributed by atoms with Crippen molar-refractivity contribution in [2.24, 2.45) is 0 Å². The van der Waals surface area contributed by atoms with E-state index in [1.807, 2.05) is 26.0 Å². The Balaban J connectivity index is 2.16. The minimum Gasteiger partial charge on any atom is -0.207 e. The van der Waals surface area contributed by atoms with Gasteiger partial charge >= 0.3 is 0 Å². The number of sulfonamides is 1. The van der Waals surface area contributed by atoms with Crippen LogP contribution in [0.1, 0.15) is 25.3 Å². The molecule has 0 aromatic heterocycles. The second kappa shape index (κ2) is 6.12. The first-order chi connectivity index (χ1) is 9.38. The van der Waals surface area contributed by atoms with E-state index in [4.69, 9.17) is 11.6 Å². The highest BCUT2D eigenvalue weighted by molar-refractivity contribution is 7.89. The smallest absolute Gasteiger partial charge is 0.207 e. The molecule has 0 spiro atoms. The Kier molecular flexibility index (Phi) is 4.68. The van der Waals surface area contributed by atoms with E-state index < -0.39 is 10.0 Å². The third-order valence-corrected chi connectivity index (χ3v) is 5.14. The summed E-state index contributed by atoms with van der Waals surface area (Å²) in [5, 5.41) is 0.674. The van der Waals surface area contributed by atoms with Crippen molar-refractivity contribution < 1.29 is 8.42 Å². The SMILES string of the molecule is Cc1ccc(S(=O)(=O)N[C@H](C)C2=CC(Cl)=CCC2)cc1. The molecular formula is C15H18ClNO2S. The lowest BCUT2D eigenvalue weighted by atomic mass is 10.00. The standard InChI is InChI=1S/C15H18ClNO2S/c1-11-6-8-15(9-7-11)20(18,19)17-12(2)13-4-3-5-14(16)10-13/h5-10,12,17H,3-4H2,1-2H3/t12-/m1/s1. The molecule has 2 rings (SSSR count). The summed E-state index contributed by atoms with van der Waals surface area (Å²) < 4.78 is 27.3. The van der Waals surface area contributed by atoms with Gasteiger partial charge in [0.15, 0.2) is 0 Å². The van der Waals surface area contributed by atoms with Gasteiger partial charge in [-0.2, -0.15) is 0 Å². The second-order valence-corrected chi connectivity index (χ2v) is 7.15. The monoisotopic (exact) mass is 311 g/mol. The van der Waals surface area contributed by atoms with Gasteiger partial charge in [-0.3, -0.25) is 0 Å². The van der Waals surface area contributed by atoms with Crippen LogP contribution in [0.2, 0.25) is 0 Å². The molecule has 0 aliphatic heterocycles. The third-order valence-electron chi connectivity index (χ3n) is 3.32. The second-order valence-electron chi connectivity index (χ2n) is 5.00. The van der Waals surface area contributed by atoms with Crippen molar-refractivity contribution in [3.63, 3.8) is 0 Å². The highest BCUT2D eigenvalue weighted by Crippen LogP contribution is 2.23. The number of hydrogen-bond acceptors (Lipinski definition) is 2. The van der Waals surface area contributed by atoms with Crippen molar-refractivity contribution in [3.05, 3.63) is 52.6 Å². The number of hydrogen-bond donors (Lipinski definition) is 1. The lowest BCUT2D eigenvalue weighted by Crippen LogP contribution is -2.34. The number of benzene rings is 1. The van der Waals surface area contributed by atoms with Gasteiger partial charge in [0.25, 0.3) is 0 Å². The minimum absolute atomic E-state index is 0.260. The molecule has 1 aliphatic rings. The van der Waals surface area contributed by atoms with Gasteiger partial charge in [-0.05, 0) is 44.9 Å². The zero-order chi connectivity index (χ0) is 14.8. The van der Waals surface area contributed by atoms with E-state index in [9.17, 15) is 8.42 Å². The molecule has 0 amide bonds. The quantitative estimate of drug-likeness (QED) is 0.925. The van der Waals surface area contributed by atoms with Crippen LogP contribution in [0.25, 0.3) is 0 Å². The number of nitrogens with one attached hydrogen (secondary N) is 1. The Labute approximate surface area is 125 Å². The molecule has 0 radical (unpaired) electrons. The van der Waals surface area contributed by atoms with Crippen LogP contribution in [0.5, 0.6) is 0 Å². The summed E-state index contributed by atoms with van der Waals surface area (Å²) in [5.74, 6) is 0. The van der Waals surface area contributed by atoms with E-state index in [0.717, 1.165) is 24.0 Å². The summed E-state index contributed by atoms with van der Waals surface area (Å²) in [4.78, 5) is 0.285. The van der Waals surface area contributed by atoms with E-state index in [1.165, 1.54) is 0 Å². The minimum atomic E-state index is -3.50. The molecular weight excluding hydrogens is 294 g/mol. The van der Waals surface area contributed by atoms with Crippen molar-refractivity contribution in [3.8, 4) is 0 Å². The molecule has 1 atom stereocenters. The van der Waals surface area contributed by atoms with Crippen LogP contribution in [-0.2, 0) is 10.0 Å². The van der Waals surface area contributed by atoms with Crippen molar-refractivity contribution in [1.82, 2.24) is 4.72 Å². The van der Waals surface area contributed by atoms with Gasteiger partial charge in [0, 0.05) is 11.1 Å². The Hall–Kier alpha value is -1.10. The molecule has 5 heteroatoms. The first-order valence-electron chi connectivity index (χ1n) is 6.53. The van der Waals surface area contributed by atoms with Crippen molar-refractivity contribution >= 4 is 21.6 Å². The fourth-order valence-corrected chi connectivity index (χ4v) is 3.62. The molecule has 1 aromatic rings. The van der Waals surface area contributed by atoms with Crippen molar-refractivity contribution in [2.75, 3.05) is 0 Å². The number of aryl methyl sites for hydroxylation is 1. The lowest BCUT2D eigenvalue weighted by molar-refractivity contribution is 0.570. The summed E-state index contributed by atoms with van der Waals surface area (Å²) in [6.07, 6.45) is 5.45. The maximum Gasteiger partial charge on any atom is 0.241 e. The Morgan fingerprint density at radius 1 is 1.25 bits per heavy atom. The van der Waals surface area contributed by atoms with Gasteiger partial charge in [0.1, 0.15) is 0 Å². The summed E-state index contributed by atoms with van der Waals surface area (Å²) >= 11 is 5.97. The normalized spacial score (nSPS) is 17.4. The molecule has 0 saturated carbocycles. The summed E-state index contributed by atoms with van der Waals surface area (Å²) in [7, 11) is -3.50. The van der Waals surface area contributed by atoms with Crippen LogP contribution < -0.4 is 4.72 Å². The Morgan fingerprint density at radius 3 is 2.50 bits per heavy atom. The van der Waals surface area contributed by atoms with Gasteiger partial charge in [-0.15, -0.1) is 0 Å². The number of allylic oxidation sites excluding steroid dienone is 3. The van der Waals surface area contributed by atoms with Gasteiger partial charge in [0.05, 0.1) is 4.90 Å². The van der Waals surface area contributed by atoms with Crippen molar-refractivity contribution in [2.45, 2.75) is 37.6 Å². The molecule has 1 aliphatic carbocycles. The van der Waals surface area contributed by atoms with Gasteiger partial charge in [-0.25, -0.2) is 13.1 Å². The van der Waals surface area contributed by atoms with E-state index in [-0.39, 0.29) is 10.9 Å². The molecule has 0 bridgehead atoms. The molecule has 0 fully saturated rings. The van der Waals surface area contributed by atoms with E-state index in [2.05, 4.69) is 4.72 Å². The highest BCUT2D eigenvalue weighted by atomic mass is 35.5. The predicted molar refractivity (Wildman–Crippen MR) is 82.2 cm³/mol. The van der Waals surface area contributed by atoms with Gasteiger partial charge < -0.3 is 0 Å². The van der Waals surface area contributed by atoms with E-state index >= 15 is 0 Å². The molecule has 108 valence electrons. The highest BCUT2D eigenvalue weighted by Gasteiger charge is 2.20. The molecule has 0 heterocycles. The largest absolute Gasteiger partial charge is 0.241 e. The maximum atomic E-state index is 12.3. The fraction of sp³-hybridized carbons (Fsp3) is 0.333.